The third kappa shape index (κ3) is 5.58. The molecule has 2 aromatic carbocycles. The number of esters is 1. The Hall–Kier alpha value is -2.82. The summed E-state index contributed by atoms with van der Waals surface area (Å²) in [7, 11) is 1.72. The van der Waals surface area contributed by atoms with Crippen LogP contribution in [0.15, 0.2) is 42.5 Å². The molecule has 144 valence electrons. The molecule has 0 aromatic heterocycles. The van der Waals surface area contributed by atoms with Crippen LogP contribution in [0.5, 0.6) is 11.5 Å². The zero-order chi connectivity index (χ0) is 20.0. The van der Waals surface area contributed by atoms with Gasteiger partial charge in [-0.15, -0.1) is 0 Å². The number of amides is 1. The van der Waals surface area contributed by atoms with Crippen LogP contribution in [0.3, 0.4) is 0 Å². The van der Waals surface area contributed by atoms with Gasteiger partial charge in [0.25, 0.3) is 0 Å². The summed E-state index contributed by atoms with van der Waals surface area (Å²) in [6.45, 7) is 7.79. The molecule has 0 bridgehead atoms. The monoisotopic (exact) mass is 369 g/mol. The van der Waals surface area contributed by atoms with Gasteiger partial charge in [-0.25, -0.2) is 4.79 Å². The maximum atomic E-state index is 12.1. The van der Waals surface area contributed by atoms with E-state index in [0.717, 1.165) is 16.8 Å². The zero-order valence-electron chi connectivity index (χ0n) is 16.6. The van der Waals surface area contributed by atoms with Gasteiger partial charge in [-0.3, -0.25) is 4.79 Å². The van der Waals surface area contributed by atoms with Crippen molar-refractivity contribution in [3.05, 3.63) is 53.6 Å². The number of hydrogen-bond acceptors (Lipinski definition) is 4. The lowest BCUT2D eigenvalue weighted by molar-refractivity contribution is -0.136. The summed E-state index contributed by atoms with van der Waals surface area (Å²) >= 11 is 0. The molecule has 27 heavy (non-hydrogen) atoms. The van der Waals surface area contributed by atoms with Gasteiger partial charge in [0.1, 0.15) is 11.5 Å². The van der Waals surface area contributed by atoms with Gasteiger partial charge in [0.2, 0.25) is 5.91 Å². The second-order valence-electron chi connectivity index (χ2n) is 6.76. The standard InChI is InChI=1S/C22H27NO4/c1-6-21(24)23(5)17-8-10-18(11-9-17)27-22(25)14-26-20-13-16(4)7-12-19(20)15(2)3/h7-13,15H,6,14H2,1-5H3. The summed E-state index contributed by atoms with van der Waals surface area (Å²) in [6.07, 6.45) is 0.432. The minimum Gasteiger partial charge on any atom is -0.482 e. The molecule has 2 aromatic rings. The highest BCUT2D eigenvalue weighted by Gasteiger charge is 2.13. The maximum Gasteiger partial charge on any atom is 0.349 e. The van der Waals surface area contributed by atoms with Gasteiger partial charge in [-0.05, 0) is 54.3 Å². The smallest absolute Gasteiger partial charge is 0.349 e. The third-order valence-electron chi connectivity index (χ3n) is 4.27. The van der Waals surface area contributed by atoms with Crippen LogP contribution in [0.25, 0.3) is 0 Å². The Kier molecular flexibility index (Phi) is 6.99. The van der Waals surface area contributed by atoms with Gasteiger partial charge in [-0.2, -0.15) is 0 Å². The number of rotatable bonds is 7. The molecule has 0 radical (unpaired) electrons. The normalized spacial score (nSPS) is 10.6. The van der Waals surface area contributed by atoms with E-state index >= 15 is 0 Å². The van der Waals surface area contributed by atoms with Gasteiger partial charge in [0, 0.05) is 19.2 Å². The SMILES string of the molecule is CCC(=O)N(C)c1ccc(OC(=O)COc2cc(C)ccc2C(C)C)cc1. The first-order chi connectivity index (χ1) is 12.8. The van der Waals surface area contributed by atoms with E-state index in [1.54, 1.807) is 36.2 Å². The number of hydrogen-bond donors (Lipinski definition) is 0. The van der Waals surface area contributed by atoms with Crippen LogP contribution >= 0.6 is 0 Å². The highest BCUT2D eigenvalue weighted by atomic mass is 16.6. The quantitative estimate of drug-likeness (QED) is 0.533. The zero-order valence-corrected chi connectivity index (χ0v) is 16.6. The van der Waals surface area contributed by atoms with E-state index in [0.29, 0.717) is 23.8 Å². The Balaban J connectivity index is 1.97. The molecule has 0 fully saturated rings. The van der Waals surface area contributed by atoms with Crippen molar-refractivity contribution in [2.24, 2.45) is 0 Å². The molecular weight excluding hydrogens is 342 g/mol. The number of nitrogens with zero attached hydrogens (tertiary/aromatic N) is 1. The molecule has 0 aliphatic rings. The second-order valence-corrected chi connectivity index (χ2v) is 6.76. The number of benzene rings is 2. The molecule has 1 amide bonds. The first-order valence-electron chi connectivity index (χ1n) is 9.12. The number of carbonyl (C=O) groups excluding carboxylic acids is 2. The Morgan fingerprint density at radius 2 is 1.74 bits per heavy atom. The average Bonchev–Trinajstić information content (AvgIpc) is 2.65. The van der Waals surface area contributed by atoms with E-state index in [4.69, 9.17) is 9.47 Å². The van der Waals surface area contributed by atoms with Crippen LogP contribution in [0, 0.1) is 6.92 Å². The number of carbonyl (C=O) groups is 2. The fourth-order valence-corrected chi connectivity index (χ4v) is 2.66. The molecule has 0 saturated carbocycles. The van der Waals surface area contributed by atoms with Crippen molar-refractivity contribution in [3.8, 4) is 11.5 Å². The Morgan fingerprint density at radius 1 is 1.07 bits per heavy atom. The average molecular weight is 369 g/mol. The lowest BCUT2D eigenvalue weighted by atomic mass is 10.0. The van der Waals surface area contributed by atoms with Crippen LogP contribution in [0.2, 0.25) is 0 Å². The van der Waals surface area contributed by atoms with Crippen LogP contribution in [0.4, 0.5) is 5.69 Å². The first-order valence-corrected chi connectivity index (χ1v) is 9.12. The van der Waals surface area contributed by atoms with Crippen molar-refractivity contribution < 1.29 is 19.1 Å². The van der Waals surface area contributed by atoms with Crippen LogP contribution in [-0.4, -0.2) is 25.5 Å². The minimum absolute atomic E-state index is 0.0206. The number of aryl methyl sites for hydroxylation is 1. The third-order valence-corrected chi connectivity index (χ3v) is 4.27. The Bertz CT molecular complexity index is 796. The van der Waals surface area contributed by atoms with Crippen molar-refractivity contribution in [2.45, 2.75) is 40.0 Å². The molecule has 0 atom stereocenters. The molecule has 5 heteroatoms. The summed E-state index contributed by atoms with van der Waals surface area (Å²) < 4.78 is 11.0. The van der Waals surface area contributed by atoms with Crippen LogP contribution in [-0.2, 0) is 9.59 Å². The fraction of sp³-hybridized carbons (Fsp3) is 0.364. The molecule has 0 N–H and O–H groups in total. The Labute approximate surface area is 160 Å². The van der Waals surface area contributed by atoms with Gasteiger partial charge in [-0.1, -0.05) is 32.9 Å². The largest absolute Gasteiger partial charge is 0.482 e. The molecule has 0 unspecified atom stereocenters. The number of anilines is 1. The molecule has 0 saturated heterocycles. The van der Waals surface area contributed by atoms with Crippen molar-refractivity contribution in [1.29, 1.82) is 0 Å². The van der Waals surface area contributed by atoms with Crippen LogP contribution < -0.4 is 14.4 Å². The van der Waals surface area contributed by atoms with E-state index in [2.05, 4.69) is 13.8 Å². The topological polar surface area (TPSA) is 55.8 Å². The highest BCUT2D eigenvalue weighted by Crippen LogP contribution is 2.27. The molecule has 0 aliphatic carbocycles. The van der Waals surface area contributed by atoms with E-state index in [1.807, 2.05) is 32.0 Å². The summed E-state index contributed by atoms with van der Waals surface area (Å²) in [5.41, 5.74) is 2.88. The van der Waals surface area contributed by atoms with Gasteiger partial charge in [0.15, 0.2) is 6.61 Å². The van der Waals surface area contributed by atoms with E-state index < -0.39 is 5.97 Å². The van der Waals surface area contributed by atoms with Gasteiger partial charge in [0.05, 0.1) is 0 Å². The van der Waals surface area contributed by atoms with Crippen molar-refractivity contribution in [2.75, 3.05) is 18.6 Å². The number of ether oxygens (including phenoxy) is 2. The molecule has 5 nitrogen and oxygen atoms in total. The molecule has 0 heterocycles. The molecule has 0 spiro atoms. The summed E-state index contributed by atoms with van der Waals surface area (Å²) in [5.74, 6) is 0.964. The van der Waals surface area contributed by atoms with Crippen molar-refractivity contribution in [1.82, 2.24) is 0 Å². The molecular formula is C22H27NO4. The molecule has 2 rings (SSSR count). The predicted molar refractivity (Wildman–Crippen MR) is 107 cm³/mol. The van der Waals surface area contributed by atoms with Crippen molar-refractivity contribution >= 4 is 17.6 Å². The second kappa shape index (κ2) is 9.21. The summed E-state index contributed by atoms with van der Waals surface area (Å²) in [4.78, 5) is 25.4. The van der Waals surface area contributed by atoms with Gasteiger partial charge >= 0.3 is 5.97 Å². The maximum absolute atomic E-state index is 12.1. The lowest BCUT2D eigenvalue weighted by Crippen LogP contribution is -2.25. The fourth-order valence-electron chi connectivity index (χ4n) is 2.66. The lowest BCUT2D eigenvalue weighted by Gasteiger charge is -2.17. The predicted octanol–water partition coefficient (Wildman–Crippen LogP) is 4.48. The summed E-state index contributed by atoms with van der Waals surface area (Å²) in [5, 5.41) is 0. The first kappa shape index (κ1) is 20.5. The van der Waals surface area contributed by atoms with Gasteiger partial charge < -0.3 is 14.4 Å². The minimum atomic E-state index is -0.475. The van der Waals surface area contributed by atoms with E-state index in [-0.39, 0.29) is 12.5 Å². The van der Waals surface area contributed by atoms with Crippen molar-refractivity contribution in [3.63, 3.8) is 0 Å². The van der Waals surface area contributed by atoms with E-state index in [9.17, 15) is 9.59 Å². The summed E-state index contributed by atoms with van der Waals surface area (Å²) in [6, 6.07) is 12.8. The van der Waals surface area contributed by atoms with Crippen LogP contribution in [0.1, 0.15) is 44.2 Å². The highest BCUT2D eigenvalue weighted by molar-refractivity contribution is 5.92. The van der Waals surface area contributed by atoms with E-state index in [1.165, 1.54) is 0 Å². The molecule has 0 aliphatic heterocycles. The Morgan fingerprint density at radius 3 is 2.33 bits per heavy atom.